The predicted molar refractivity (Wildman–Crippen MR) is 134 cm³/mol. The van der Waals surface area contributed by atoms with E-state index in [0.29, 0.717) is 16.9 Å². The van der Waals surface area contributed by atoms with Crippen LogP contribution in [-0.2, 0) is 11.3 Å². The molecule has 0 radical (unpaired) electrons. The minimum atomic E-state index is -0.701. The van der Waals surface area contributed by atoms with Gasteiger partial charge in [-0.05, 0) is 62.6 Å². The van der Waals surface area contributed by atoms with Crippen LogP contribution in [0.2, 0.25) is 0 Å². The summed E-state index contributed by atoms with van der Waals surface area (Å²) in [5.74, 6) is -1.27. The molecule has 1 N–H and O–H groups in total. The van der Waals surface area contributed by atoms with Gasteiger partial charge in [-0.1, -0.05) is 29.8 Å². The van der Waals surface area contributed by atoms with Gasteiger partial charge in [-0.3, -0.25) is 4.79 Å². The second-order valence-electron chi connectivity index (χ2n) is 8.67. The number of allylic oxidation sites excluding steroid dienone is 1. The monoisotopic (exact) mass is 475 g/mol. The fourth-order valence-corrected chi connectivity index (χ4v) is 4.40. The van der Waals surface area contributed by atoms with Crippen molar-refractivity contribution in [2.75, 3.05) is 7.11 Å². The Bertz CT molecular complexity index is 1450. The maximum atomic E-state index is 13.9. The quantitative estimate of drug-likeness (QED) is 0.305. The second-order valence-corrected chi connectivity index (χ2v) is 8.67. The van der Waals surface area contributed by atoms with Crippen molar-refractivity contribution >= 4 is 22.4 Å². The number of aryl methyl sites for hydroxylation is 3. The summed E-state index contributed by atoms with van der Waals surface area (Å²) in [6, 6.07) is 11.8. The van der Waals surface area contributed by atoms with E-state index >= 15 is 0 Å². The van der Waals surface area contributed by atoms with Crippen molar-refractivity contribution < 1.29 is 22.7 Å². The molecule has 0 fully saturated rings. The summed E-state index contributed by atoms with van der Waals surface area (Å²) in [4.78, 5) is 12.6. The molecule has 180 valence electrons. The number of fused-ring (bicyclic) bond motifs is 1. The molecule has 0 aliphatic rings. The fourth-order valence-electron chi connectivity index (χ4n) is 4.40. The number of hydrogen-bond donors (Lipinski definition) is 1. The summed E-state index contributed by atoms with van der Waals surface area (Å²) in [5, 5.41) is 3.47. The second kappa shape index (κ2) is 9.74. The van der Waals surface area contributed by atoms with Crippen LogP contribution in [-0.4, -0.2) is 13.0 Å². The van der Waals surface area contributed by atoms with E-state index in [1.807, 2.05) is 13.0 Å². The van der Waals surface area contributed by atoms with Crippen molar-refractivity contribution in [2.45, 2.75) is 34.2 Å². The molecule has 0 spiro atoms. The molecular weight excluding hydrogens is 448 g/mol. The van der Waals surface area contributed by atoms with E-state index in [-0.39, 0.29) is 12.1 Å². The Labute approximate surface area is 203 Å². The SMILES string of the molecule is COc1c(/C(C)=C/C(=O)NCc2c(F)cccc2F)cc2c(-c3ccc(C)cc3C)coc2c1C. The van der Waals surface area contributed by atoms with E-state index in [4.69, 9.17) is 9.15 Å². The van der Waals surface area contributed by atoms with E-state index in [1.165, 1.54) is 17.7 Å². The number of carbonyl (C=O) groups excluding carboxylic acids is 1. The van der Waals surface area contributed by atoms with Crippen LogP contribution in [0.1, 0.15) is 34.7 Å². The van der Waals surface area contributed by atoms with Crippen LogP contribution in [0.5, 0.6) is 5.75 Å². The minimum Gasteiger partial charge on any atom is -0.496 e. The largest absolute Gasteiger partial charge is 0.496 e. The maximum Gasteiger partial charge on any atom is 0.244 e. The van der Waals surface area contributed by atoms with E-state index in [1.54, 1.807) is 20.3 Å². The highest BCUT2D eigenvalue weighted by Gasteiger charge is 2.19. The van der Waals surface area contributed by atoms with Crippen molar-refractivity contribution in [1.29, 1.82) is 0 Å². The van der Waals surface area contributed by atoms with Crippen molar-refractivity contribution in [3.05, 3.63) is 94.3 Å². The molecule has 35 heavy (non-hydrogen) atoms. The number of hydrogen-bond acceptors (Lipinski definition) is 3. The lowest BCUT2D eigenvalue weighted by Crippen LogP contribution is -2.22. The first-order valence-corrected chi connectivity index (χ1v) is 11.3. The number of amides is 1. The van der Waals surface area contributed by atoms with E-state index in [9.17, 15) is 13.6 Å². The van der Waals surface area contributed by atoms with Gasteiger partial charge in [-0.25, -0.2) is 8.78 Å². The number of methoxy groups -OCH3 is 1. The third kappa shape index (κ3) is 4.69. The third-order valence-corrected chi connectivity index (χ3v) is 6.19. The number of rotatable bonds is 6. The highest BCUT2D eigenvalue weighted by molar-refractivity contribution is 6.02. The van der Waals surface area contributed by atoms with Crippen LogP contribution in [0.15, 0.2) is 59.2 Å². The summed E-state index contributed by atoms with van der Waals surface area (Å²) in [6.07, 6.45) is 3.14. The Hall–Kier alpha value is -3.93. The van der Waals surface area contributed by atoms with Gasteiger partial charge in [0.05, 0.1) is 13.4 Å². The van der Waals surface area contributed by atoms with Crippen LogP contribution in [0, 0.1) is 32.4 Å². The molecular formula is C29H27F2NO3. The zero-order valence-electron chi connectivity index (χ0n) is 20.4. The molecule has 6 heteroatoms. The van der Waals surface area contributed by atoms with Gasteiger partial charge in [-0.2, -0.15) is 0 Å². The maximum absolute atomic E-state index is 13.9. The minimum absolute atomic E-state index is 0.182. The standard InChI is InChI=1S/C29H27F2NO3/c1-16-9-10-20(17(2)11-16)24-15-35-29-19(4)28(34-5)21(13-22(24)29)18(3)12-27(33)32-14-23-25(30)7-6-8-26(23)31/h6-13,15H,14H2,1-5H3,(H,32,33)/b18-12+. The Morgan fingerprint density at radius 1 is 1.06 bits per heavy atom. The molecule has 0 bridgehead atoms. The number of halogens is 2. The summed E-state index contributed by atoms with van der Waals surface area (Å²) >= 11 is 0. The van der Waals surface area contributed by atoms with E-state index in [2.05, 4.69) is 37.4 Å². The number of carbonyl (C=O) groups is 1. The molecule has 0 saturated carbocycles. The highest BCUT2D eigenvalue weighted by atomic mass is 19.1. The van der Waals surface area contributed by atoms with Gasteiger partial charge in [0.15, 0.2) is 0 Å². The summed E-state index contributed by atoms with van der Waals surface area (Å²) in [7, 11) is 1.57. The van der Waals surface area contributed by atoms with Crippen molar-refractivity contribution in [2.24, 2.45) is 0 Å². The average molecular weight is 476 g/mol. The molecule has 3 aromatic carbocycles. The zero-order valence-corrected chi connectivity index (χ0v) is 20.4. The average Bonchev–Trinajstić information content (AvgIpc) is 3.22. The molecule has 4 aromatic rings. The number of ether oxygens (including phenoxy) is 1. The molecule has 4 nitrogen and oxygen atoms in total. The smallest absolute Gasteiger partial charge is 0.244 e. The Morgan fingerprint density at radius 2 is 1.77 bits per heavy atom. The van der Waals surface area contributed by atoms with Gasteiger partial charge >= 0.3 is 0 Å². The summed E-state index contributed by atoms with van der Waals surface area (Å²) in [5.41, 5.74) is 7.06. The number of furan rings is 1. The van der Waals surface area contributed by atoms with Crippen LogP contribution in [0.4, 0.5) is 8.78 Å². The van der Waals surface area contributed by atoms with Crippen molar-refractivity contribution in [1.82, 2.24) is 5.32 Å². The molecule has 0 unspecified atom stereocenters. The molecule has 0 aliphatic carbocycles. The van der Waals surface area contributed by atoms with Gasteiger partial charge in [0.1, 0.15) is 23.0 Å². The first-order chi connectivity index (χ1) is 16.7. The van der Waals surface area contributed by atoms with Gasteiger partial charge in [0.25, 0.3) is 0 Å². The van der Waals surface area contributed by atoms with Crippen LogP contribution >= 0.6 is 0 Å². The molecule has 0 atom stereocenters. The molecule has 1 amide bonds. The molecule has 1 aromatic heterocycles. The topological polar surface area (TPSA) is 51.5 Å². The molecule has 0 aliphatic heterocycles. The van der Waals surface area contributed by atoms with Crippen LogP contribution in [0.3, 0.4) is 0 Å². The number of nitrogens with one attached hydrogen (secondary N) is 1. The van der Waals surface area contributed by atoms with Crippen LogP contribution < -0.4 is 10.1 Å². The van der Waals surface area contributed by atoms with Gasteiger partial charge < -0.3 is 14.5 Å². The highest BCUT2D eigenvalue weighted by Crippen LogP contribution is 2.41. The number of benzene rings is 3. The Morgan fingerprint density at radius 3 is 2.43 bits per heavy atom. The molecule has 4 rings (SSSR count). The Kier molecular flexibility index (Phi) is 6.74. The fraction of sp³-hybridized carbons (Fsp3) is 0.207. The third-order valence-electron chi connectivity index (χ3n) is 6.19. The van der Waals surface area contributed by atoms with Crippen LogP contribution in [0.25, 0.3) is 27.7 Å². The zero-order chi connectivity index (χ0) is 25.3. The Balaban J connectivity index is 1.71. The van der Waals surface area contributed by atoms with E-state index < -0.39 is 17.5 Å². The van der Waals surface area contributed by atoms with Crippen molar-refractivity contribution in [3.8, 4) is 16.9 Å². The van der Waals surface area contributed by atoms with Crippen molar-refractivity contribution in [3.63, 3.8) is 0 Å². The van der Waals surface area contributed by atoms with E-state index in [0.717, 1.165) is 45.3 Å². The predicted octanol–water partition coefficient (Wildman–Crippen LogP) is 7.03. The summed E-state index contributed by atoms with van der Waals surface area (Å²) < 4.78 is 39.4. The normalized spacial score (nSPS) is 11.7. The lowest BCUT2D eigenvalue weighted by atomic mass is 9.94. The summed E-state index contributed by atoms with van der Waals surface area (Å²) in [6.45, 7) is 7.57. The van der Waals surface area contributed by atoms with Gasteiger partial charge in [0.2, 0.25) is 5.91 Å². The molecule has 0 saturated heterocycles. The first kappa shape index (κ1) is 24.2. The van der Waals surface area contributed by atoms with Gasteiger partial charge in [-0.15, -0.1) is 0 Å². The van der Waals surface area contributed by atoms with Gasteiger partial charge in [0, 0.05) is 40.3 Å². The lowest BCUT2D eigenvalue weighted by Gasteiger charge is -2.14. The molecule has 1 heterocycles. The first-order valence-electron chi connectivity index (χ1n) is 11.3. The lowest BCUT2D eigenvalue weighted by molar-refractivity contribution is -0.116.